The third-order valence-corrected chi connectivity index (χ3v) is 4.63. The number of carbonyl (C=O) groups is 1. The Balaban J connectivity index is 3.02. The summed E-state index contributed by atoms with van der Waals surface area (Å²) in [6.07, 6.45) is 1.91. The molecule has 5 nitrogen and oxygen atoms in total. The smallest absolute Gasteiger partial charge is 0.240 e. The molecule has 0 aromatic heterocycles. The normalized spacial score (nSPS) is 12.8. The zero-order valence-corrected chi connectivity index (χ0v) is 14.1. The average Bonchev–Trinajstić information content (AvgIpc) is 2.38. The van der Waals surface area contributed by atoms with Crippen LogP contribution in [0.3, 0.4) is 0 Å². The third kappa shape index (κ3) is 5.04. The van der Waals surface area contributed by atoms with Gasteiger partial charge in [-0.1, -0.05) is 13.0 Å². The van der Waals surface area contributed by atoms with Gasteiger partial charge in [0, 0.05) is 6.04 Å². The van der Waals surface area contributed by atoms with Gasteiger partial charge in [-0.2, -0.15) is 0 Å². The van der Waals surface area contributed by atoms with E-state index in [0.717, 1.165) is 28.1 Å². The molecule has 1 N–H and O–H groups in total. The number of anilines is 1. The molecule has 0 heterocycles. The van der Waals surface area contributed by atoms with Crippen LogP contribution in [0.4, 0.5) is 5.69 Å². The van der Waals surface area contributed by atoms with Crippen LogP contribution in [0.25, 0.3) is 0 Å². The molecule has 0 saturated carbocycles. The van der Waals surface area contributed by atoms with E-state index in [2.05, 4.69) is 5.32 Å². The summed E-state index contributed by atoms with van der Waals surface area (Å²) in [5, 5.41) is 2.78. The van der Waals surface area contributed by atoms with Crippen molar-refractivity contribution in [1.29, 1.82) is 0 Å². The summed E-state index contributed by atoms with van der Waals surface area (Å²) < 4.78 is 25.1. The van der Waals surface area contributed by atoms with Crippen molar-refractivity contribution in [2.24, 2.45) is 0 Å². The second-order valence-corrected chi connectivity index (χ2v) is 7.32. The van der Waals surface area contributed by atoms with Crippen molar-refractivity contribution in [3.63, 3.8) is 0 Å². The van der Waals surface area contributed by atoms with Crippen molar-refractivity contribution in [3.05, 3.63) is 29.3 Å². The molecule has 1 amide bonds. The number of carbonyl (C=O) groups excluding carboxylic acids is 1. The van der Waals surface area contributed by atoms with Gasteiger partial charge >= 0.3 is 0 Å². The first-order valence-electron chi connectivity index (χ1n) is 6.99. The molecular formula is C15H24N2O3S. The van der Waals surface area contributed by atoms with Gasteiger partial charge in [0.25, 0.3) is 0 Å². The summed E-state index contributed by atoms with van der Waals surface area (Å²) >= 11 is 0. The molecule has 1 atom stereocenters. The lowest BCUT2D eigenvalue weighted by Gasteiger charge is -2.23. The molecule has 0 aliphatic rings. The van der Waals surface area contributed by atoms with Crippen molar-refractivity contribution in [3.8, 4) is 0 Å². The molecule has 0 aliphatic carbocycles. The second-order valence-electron chi connectivity index (χ2n) is 5.42. The number of hydrogen-bond donors (Lipinski definition) is 1. The number of aryl methyl sites for hydroxylation is 2. The van der Waals surface area contributed by atoms with Crippen LogP contribution in [0.5, 0.6) is 0 Å². The lowest BCUT2D eigenvalue weighted by Crippen LogP contribution is -2.43. The van der Waals surface area contributed by atoms with E-state index in [0.29, 0.717) is 5.69 Å². The van der Waals surface area contributed by atoms with E-state index < -0.39 is 10.0 Å². The molecule has 1 rings (SSSR count). The summed E-state index contributed by atoms with van der Waals surface area (Å²) in [6, 6.07) is 5.39. The van der Waals surface area contributed by atoms with Gasteiger partial charge in [0.1, 0.15) is 6.54 Å². The van der Waals surface area contributed by atoms with Gasteiger partial charge in [-0.25, -0.2) is 8.42 Å². The summed E-state index contributed by atoms with van der Waals surface area (Å²) in [5.41, 5.74) is 2.58. The highest BCUT2D eigenvalue weighted by atomic mass is 32.2. The fourth-order valence-electron chi connectivity index (χ4n) is 1.83. The molecule has 0 spiro atoms. The van der Waals surface area contributed by atoms with E-state index in [9.17, 15) is 13.2 Å². The van der Waals surface area contributed by atoms with E-state index in [4.69, 9.17) is 0 Å². The van der Waals surface area contributed by atoms with Gasteiger partial charge in [-0.15, -0.1) is 0 Å². The topological polar surface area (TPSA) is 66.5 Å². The van der Waals surface area contributed by atoms with E-state index >= 15 is 0 Å². The van der Waals surface area contributed by atoms with E-state index in [-0.39, 0.29) is 18.5 Å². The summed E-state index contributed by atoms with van der Waals surface area (Å²) in [4.78, 5) is 12.0. The van der Waals surface area contributed by atoms with Gasteiger partial charge in [0.2, 0.25) is 15.9 Å². The number of sulfonamides is 1. The molecule has 1 aromatic carbocycles. The van der Waals surface area contributed by atoms with Gasteiger partial charge in [-0.05, 0) is 50.5 Å². The molecule has 1 unspecified atom stereocenters. The van der Waals surface area contributed by atoms with Crippen LogP contribution in [0.1, 0.15) is 31.4 Å². The maximum absolute atomic E-state index is 12.0. The zero-order chi connectivity index (χ0) is 16.2. The Morgan fingerprint density at radius 2 is 1.90 bits per heavy atom. The minimum absolute atomic E-state index is 0.0265. The Hall–Kier alpha value is -1.56. The van der Waals surface area contributed by atoms with Crippen LogP contribution in [-0.4, -0.2) is 33.2 Å². The quantitative estimate of drug-likeness (QED) is 0.873. The first-order valence-corrected chi connectivity index (χ1v) is 8.84. The SMILES string of the molecule is CCC(C)NC(=O)CN(c1ccc(C)c(C)c1)S(C)(=O)=O. The molecule has 1 aromatic rings. The monoisotopic (exact) mass is 312 g/mol. The van der Waals surface area contributed by atoms with E-state index in [1.807, 2.05) is 33.8 Å². The van der Waals surface area contributed by atoms with Crippen molar-refractivity contribution in [2.45, 2.75) is 40.2 Å². The molecular weight excluding hydrogens is 288 g/mol. The Labute approximate surface area is 127 Å². The Morgan fingerprint density at radius 1 is 1.29 bits per heavy atom. The minimum atomic E-state index is -3.51. The number of benzene rings is 1. The Morgan fingerprint density at radius 3 is 2.38 bits per heavy atom. The predicted octanol–water partition coefficient (Wildman–Crippen LogP) is 1.98. The summed E-state index contributed by atoms with van der Waals surface area (Å²) in [6.45, 7) is 7.52. The van der Waals surface area contributed by atoms with E-state index in [1.165, 1.54) is 0 Å². The first kappa shape index (κ1) is 17.5. The van der Waals surface area contributed by atoms with Crippen LogP contribution >= 0.6 is 0 Å². The molecule has 0 radical (unpaired) electrons. The molecule has 0 saturated heterocycles. The molecule has 21 heavy (non-hydrogen) atoms. The number of nitrogens with one attached hydrogen (secondary N) is 1. The van der Waals surface area contributed by atoms with Gasteiger partial charge < -0.3 is 5.32 Å². The standard InChI is InChI=1S/C15H24N2O3S/c1-6-13(4)16-15(18)10-17(21(5,19)20)14-8-7-11(2)12(3)9-14/h7-9,13H,6,10H2,1-5H3,(H,16,18). The molecule has 0 fully saturated rings. The van der Waals surface area contributed by atoms with Crippen molar-refractivity contribution >= 4 is 21.6 Å². The van der Waals surface area contributed by atoms with Crippen LogP contribution < -0.4 is 9.62 Å². The maximum atomic E-state index is 12.0. The Kier molecular flexibility index (Phi) is 5.78. The zero-order valence-electron chi connectivity index (χ0n) is 13.3. The predicted molar refractivity (Wildman–Crippen MR) is 86.0 cm³/mol. The summed E-state index contributed by atoms with van der Waals surface area (Å²) in [5.74, 6) is -0.298. The third-order valence-electron chi connectivity index (χ3n) is 3.49. The van der Waals surface area contributed by atoms with Crippen molar-refractivity contribution in [1.82, 2.24) is 5.32 Å². The second kappa shape index (κ2) is 6.93. The minimum Gasteiger partial charge on any atom is -0.352 e. The fraction of sp³-hybridized carbons (Fsp3) is 0.533. The van der Waals surface area contributed by atoms with E-state index in [1.54, 1.807) is 12.1 Å². The lowest BCUT2D eigenvalue weighted by molar-refractivity contribution is -0.120. The van der Waals surface area contributed by atoms with Gasteiger partial charge in [0.15, 0.2) is 0 Å². The fourth-order valence-corrected chi connectivity index (χ4v) is 2.68. The van der Waals surface area contributed by atoms with Crippen LogP contribution in [0.15, 0.2) is 18.2 Å². The number of rotatable bonds is 6. The summed E-state index contributed by atoms with van der Waals surface area (Å²) in [7, 11) is -3.51. The average molecular weight is 312 g/mol. The highest BCUT2D eigenvalue weighted by molar-refractivity contribution is 7.92. The van der Waals surface area contributed by atoms with Crippen LogP contribution in [0.2, 0.25) is 0 Å². The number of hydrogen-bond acceptors (Lipinski definition) is 3. The van der Waals surface area contributed by atoms with Crippen molar-refractivity contribution < 1.29 is 13.2 Å². The number of nitrogens with zero attached hydrogens (tertiary/aromatic N) is 1. The lowest BCUT2D eigenvalue weighted by atomic mass is 10.1. The van der Waals surface area contributed by atoms with Crippen molar-refractivity contribution in [2.75, 3.05) is 17.1 Å². The maximum Gasteiger partial charge on any atom is 0.240 e. The largest absolute Gasteiger partial charge is 0.352 e. The molecule has 0 aliphatic heterocycles. The molecule has 0 bridgehead atoms. The van der Waals surface area contributed by atoms with Gasteiger partial charge in [-0.3, -0.25) is 9.10 Å². The first-order chi connectivity index (χ1) is 9.65. The van der Waals surface area contributed by atoms with Gasteiger partial charge in [0.05, 0.1) is 11.9 Å². The van der Waals surface area contributed by atoms with Crippen LogP contribution in [-0.2, 0) is 14.8 Å². The highest BCUT2D eigenvalue weighted by Crippen LogP contribution is 2.21. The number of amides is 1. The molecule has 6 heteroatoms. The van der Waals surface area contributed by atoms with Crippen LogP contribution in [0, 0.1) is 13.8 Å². The Bertz CT molecular complexity index is 611. The highest BCUT2D eigenvalue weighted by Gasteiger charge is 2.21. The molecule has 118 valence electrons.